The minimum Gasteiger partial charge on any atom is -0.493 e. The van der Waals surface area contributed by atoms with Gasteiger partial charge in [-0.25, -0.2) is 9.97 Å². The maximum Gasteiger partial charge on any atom is 0.162 e. The molecule has 0 unspecified atom stereocenters. The number of nitrogens with zero attached hydrogens (tertiary/aromatic N) is 2. The van der Waals surface area contributed by atoms with Crippen LogP contribution in [0, 0.1) is 6.92 Å². The lowest BCUT2D eigenvalue weighted by molar-refractivity contribution is 0.356. The predicted octanol–water partition coefficient (Wildman–Crippen LogP) is 5.53. The number of rotatable bonds is 8. The Labute approximate surface area is 193 Å². The van der Waals surface area contributed by atoms with Gasteiger partial charge in [0, 0.05) is 59.1 Å². The second kappa shape index (κ2) is 8.98. The summed E-state index contributed by atoms with van der Waals surface area (Å²) in [5.41, 5.74) is 6.98. The number of hydrogen-bond donors (Lipinski definition) is 2. The zero-order valence-electron chi connectivity index (χ0n) is 19.2. The molecule has 33 heavy (non-hydrogen) atoms. The fourth-order valence-corrected chi connectivity index (χ4v) is 4.46. The number of hydrogen-bond acceptors (Lipinski definition) is 4. The summed E-state index contributed by atoms with van der Waals surface area (Å²) < 4.78 is 10.9. The largest absolute Gasteiger partial charge is 0.493 e. The summed E-state index contributed by atoms with van der Waals surface area (Å²) in [6.07, 6.45) is 7.49. The van der Waals surface area contributed by atoms with E-state index < -0.39 is 0 Å². The molecule has 0 spiro atoms. The SMILES string of the molecule is COc1cc2[nH]cc(CCCc3nccc(Cc4ccc5[nH]c(C)cc5c4)n3)c2cc1OC. The maximum absolute atomic E-state index is 5.47. The Morgan fingerprint density at radius 2 is 1.76 bits per heavy atom. The minimum absolute atomic E-state index is 0.731. The van der Waals surface area contributed by atoms with Crippen molar-refractivity contribution in [2.45, 2.75) is 32.6 Å². The van der Waals surface area contributed by atoms with Gasteiger partial charge in [0.05, 0.1) is 14.2 Å². The number of aromatic nitrogens is 4. The summed E-state index contributed by atoms with van der Waals surface area (Å²) in [5.74, 6) is 2.37. The Hall–Kier alpha value is -3.80. The highest BCUT2D eigenvalue weighted by Gasteiger charge is 2.11. The van der Waals surface area contributed by atoms with Crippen molar-refractivity contribution in [3.63, 3.8) is 0 Å². The van der Waals surface area contributed by atoms with Crippen molar-refractivity contribution in [3.8, 4) is 11.5 Å². The lowest BCUT2D eigenvalue weighted by atomic mass is 10.1. The number of aryl methyl sites for hydroxylation is 3. The van der Waals surface area contributed by atoms with Crippen LogP contribution in [0.5, 0.6) is 11.5 Å². The Balaban J connectivity index is 1.25. The van der Waals surface area contributed by atoms with Crippen LogP contribution in [0.1, 0.15) is 34.8 Å². The van der Waals surface area contributed by atoms with Gasteiger partial charge in [0.15, 0.2) is 11.5 Å². The molecule has 0 atom stereocenters. The highest BCUT2D eigenvalue weighted by atomic mass is 16.5. The lowest BCUT2D eigenvalue weighted by Gasteiger charge is -2.08. The fraction of sp³-hybridized carbons (Fsp3) is 0.259. The molecule has 0 saturated heterocycles. The number of benzene rings is 2. The summed E-state index contributed by atoms with van der Waals surface area (Å²) >= 11 is 0. The quantitative estimate of drug-likeness (QED) is 0.333. The molecule has 0 bridgehead atoms. The molecule has 0 saturated carbocycles. The third kappa shape index (κ3) is 4.42. The van der Waals surface area contributed by atoms with Crippen molar-refractivity contribution in [2.75, 3.05) is 14.2 Å². The van der Waals surface area contributed by atoms with E-state index in [4.69, 9.17) is 14.5 Å². The van der Waals surface area contributed by atoms with Crippen molar-refractivity contribution in [3.05, 3.63) is 83.2 Å². The van der Waals surface area contributed by atoms with Crippen LogP contribution >= 0.6 is 0 Å². The Kier molecular flexibility index (Phi) is 5.73. The molecule has 5 rings (SSSR count). The third-order valence-corrected chi connectivity index (χ3v) is 6.09. The van der Waals surface area contributed by atoms with Crippen molar-refractivity contribution in [2.24, 2.45) is 0 Å². The smallest absolute Gasteiger partial charge is 0.162 e. The summed E-state index contributed by atoms with van der Waals surface area (Å²) in [6.45, 7) is 2.08. The zero-order chi connectivity index (χ0) is 22.8. The average Bonchev–Trinajstić information content (AvgIpc) is 3.39. The molecular weight excluding hydrogens is 412 g/mol. The number of nitrogens with one attached hydrogen (secondary N) is 2. The van der Waals surface area contributed by atoms with Crippen molar-refractivity contribution in [1.29, 1.82) is 0 Å². The molecule has 6 nitrogen and oxygen atoms in total. The van der Waals surface area contributed by atoms with Gasteiger partial charge in [0.25, 0.3) is 0 Å². The predicted molar refractivity (Wildman–Crippen MR) is 131 cm³/mol. The third-order valence-electron chi connectivity index (χ3n) is 6.09. The summed E-state index contributed by atoms with van der Waals surface area (Å²) in [7, 11) is 3.32. The van der Waals surface area contributed by atoms with E-state index in [0.717, 1.165) is 59.6 Å². The van der Waals surface area contributed by atoms with E-state index in [1.165, 1.54) is 27.7 Å². The second-order valence-electron chi connectivity index (χ2n) is 8.44. The molecule has 168 valence electrons. The number of aromatic amines is 2. The van der Waals surface area contributed by atoms with Gasteiger partial charge in [0.1, 0.15) is 5.82 Å². The summed E-state index contributed by atoms with van der Waals surface area (Å²) in [6, 6.07) is 14.8. The first-order valence-corrected chi connectivity index (χ1v) is 11.2. The van der Waals surface area contributed by atoms with E-state index in [0.29, 0.717) is 0 Å². The van der Waals surface area contributed by atoms with E-state index in [1.54, 1.807) is 14.2 Å². The normalized spacial score (nSPS) is 11.4. The first-order valence-electron chi connectivity index (χ1n) is 11.2. The van der Waals surface area contributed by atoms with Crippen LogP contribution in [-0.2, 0) is 19.3 Å². The molecular formula is C27H28N4O2. The monoisotopic (exact) mass is 440 g/mol. The topological polar surface area (TPSA) is 75.8 Å². The van der Waals surface area contributed by atoms with E-state index in [2.05, 4.69) is 52.3 Å². The van der Waals surface area contributed by atoms with Crippen molar-refractivity contribution >= 4 is 21.8 Å². The van der Waals surface area contributed by atoms with Crippen LogP contribution in [0.3, 0.4) is 0 Å². The zero-order valence-corrected chi connectivity index (χ0v) is 19.2. The first-order chi connectivity index (χ1) is 16.1. The van der Waals surface area contributed by atoms with E-state index >= 15 is 0 Å². The van der Waals surface area contributed by atoms with E-state index in [1.807, 2.05) is 24.4 Å². The Morgan fingerprint density at radius 1 is 0.909 bits per heavy atom. The maximum atomic E-state index is 5.47. The van der Waals surface area contributed by atoms with Gasteiger partial charge in [-0.15, -0.1) is 0 Å². The number of H-pyrrole nitrogens is 2. The molecule has 6 heteroatoms. The van der Waals surface area contributed by atoms with Gasteiger partial charge in [-0.3, -0.25) is 0 Å². The van der Waals surface area contributed by atoms with Crippen LogP contribution in [0.2, 0.25) is 0 Å². The van der Waals surface area contributed by atoms with Crippen LogP contribution in [0.4, 0.5) is 0 Å². The molecule has 0 aliphatic heterocycles. The molecule has 2 aromatic carbocycles. The molecule has 0 radical (unpaired) electrons. The van der Waals surface area contributed by atoms with Crippen LogP contribution in [0.15, 0.2) is 54.9 Å². The minimum atomic E-state index is 0.731. The standard InChI is InChI=1S/C27H28N4O2/c1-17-11-20-12-18(7-8-23(20)30-17)13-21-9-10-28-27(31-21)6-4-5-19-16-29-24-15-26(33-3)25(32-2)14-22(19)24/h7-12,14-16,29-30H,4-6,13H2,1-3H3. The molecule has 0 aliphatic rings. The number of fused-ring (bicyclic) bond motifs is 2. The Bertz CT molecular complexity index is 1420. The Morgan fingerprint density at radius 3 is 2.61 bits per heavy atom. The highest BCUT2D eigenvalue weighted by molar-refractivity contribution is 5.86. The molecule has 2 N–H and O–H groups in total. The van der Waals surface area contributed by atoms with Gasteiger partial charge >= 0.3 is 0 Å². The average molecular weight is 441 g/mol. The molecule has 0 amide bonds. The van der Waals surface area contributed by atoms with Gasteiger partial charge in [-0.2, -0.15) is 0 Å². The highest BCUT2D eigenvalue weighted by Crippen LogP contribution is 2.33. The molecule has 0 aliphatic carbocycles. The molecule has 0 fully saturated rings. The number of ether oxygens (including phenoxy) is 2. The molecule has 3 aromatic heterocycles. The van der Waals surface area contributed by atoms with Gasteiger partial charge in [0.2, 0.25) is 0 Å². The summed E-state index contributed by atoms with van der Waals surface area (Å²) in [4.78, 5) is 16.0. The lowest BCUT2D eigenvalue weighted by Crippen LogP contribution is -2.01. The van der Waals surface area contributed by atoms with Crippen molar-refractivity contribution < 1.29 is 9.47 Å². The first kappa shape index (κ1) is 21.1. The van der Waals surface area contributed by atoms with Crippen LogP contribution in [0.25, 0.3) is 21.8 Å². The van der Waals surface area contributed by atoms with Gasteiger partial charge in [-0.05, 0) is 66.6 Å². The number of methoxy groups -OCH3 is 2. The van der Waals surface area contributed by atoms with E-state index in [-0.39, 0.29) is 0 Å². The van der Waals surface area contributed by atoms with Gasteiger partial charge in [-0.1, -0.05) is 6.07 Å². The fourth-order valence-electron chi connectivity index (χ4n) is 4.46. The molecule has 3 heterocycles. The van der Waals surface area contributed by atoms with E-state index in [9.17, 15) is 0 Å². The molecule has 5 aromatic rings. The van der Waals surface area contributed by atoms with Crippen LogP contribution < -0.4 is 9.47 Å². The van der Waals surface area contributed by atoms with Crippen LogP contribution in [-0.4, -0.2) is 34.2 Å². The van der Waals surface area contributed by atoms with Crippen molar-refractivity contribution in [1.82, 2.24) is 19.9 Å². The second-order valence-corrected chi connectivity index (χ2v) is 8.44. The summed E-state index contributed by atoms with van der Waals surface area (Å²) in [5, 5.41) is 2.41. The van der Waals surface area contributed by atoms with Gasteiger partial charge < -0.3 is 19.4 Å².